The highest BCUT2D eigenvalue weighted by Crippen LogP contribution is 2.36. The predicted octanol–water partition coefficient (Wildman–Crippen LogP) is 4.90. The molecule has 2 N–H and O–H groups in total. The number of anilines is 1. The van der Waals surface area contributed by atoms with Gasteiger partial charge in [0, 0.05) is 62.6 Å². The number of nitrogens with one attached hydrogen (secondary N) is 2. The van der Waals surface area contributed by atoms with Crippen LogP contribution in [0.3, 0.4) is 0 Å². The van der Waals surface area contributed by atoms with Gasteiger partial charge in [-0.2, -0.15) is 0 Å². The smallest absolute Gasteiger partial charge is 0.356 e. The fourth-order valence-electron chi connectivity index (χ4n) is 7.87. The molecule has 3 aliphatic rings. The number of hydrogen-bond acceptors (Lipinski definition) is 14. The van der Waals surface area contributed by atoms with Crippen LogP contribution in [0, 0.1) is 5.41 Å². The minimum atomic E-state index is -0.550. The first kappa shape index (κ1) is 41.5. The van der Waals surface area contributed by atoms with E-state index in [1.807, 2.05) is 38.4 Å². The van der Waals surface area contributed by atoms with Crippen molar-refractivity contribution in [3.05, 3.63) is 111 Å². The van der Waals surface area contributed by atoms with E-state index >= 15 is 0 Å². The molecule has 318 valence electrons. The standard InChI is InChI=1S/C45H50N8O8/c1-6-45(4)17-38-37(51-44(45)57)15-29(19-47-38)23-53-25-40(27(53)3)61-32-10-12-34(49-21-32)43(56)59-13-7-8-30-16-35-36(50-41(30)54)14-28(18-46-35)22-52-24-39(26(52)2)60-31-9-11-33(48-20-31)42(55)58-5/h9-12,14-16,18-21,26-27,39-40H,6-8,13,17,22-25H2,1-5H3,(H,50,54)(H,51,57)/t26-,27-,39+,40+,45?/m1/s1. The molecule has 0 radical (unpaired) electrons. The summed E-state index contributed by atoms with van der Waals surface area (Å²) in [7, 11) is 1.31. The van der Waals surface area contributed by atoms with E-state index in [1.54, 1.807) is 30.3 Å². The van der Waals surface area contributed by atoms with Crippen molar-refractivity contribution in [3.63, 3.8) is 0 Å². The van der Waals surface area contributed by atoms with E-state index in [2.05, 4.69) is 53.9 Å². The number of pyridine rings is 5. The normalized spacial score (nSPS) is 22.3. The minimum Gasteiger partial charge on any atom is -0.486 e. The Labute approximate surface area is 353 Å². The molecule has 8 rings (SSSR count). The SMILES string of the molecule is CCC1(C)Cc2ncc(CN3C[C@H](Oc4ccc(C(=O)OCCCc5cc6ncc(CN7C[C@H](Oc8ccc(C(=O)OC)nc8)[C@H]7C)cc6[nH]c5=O)nc4)[C@H]3C)cc2NC1=O. The van der Waals surface area contributed by atoms with Gasteiger partial charge in [-0.05, 0) is 86.7 Å². The molecule has 1 unspecified atom stereocenters. The number of H-pyrrole nitrogens is 1. The fourth-order valence-corrected chi connectivity index (χ4v) is 7.87. The number of fused-ring (bicyclic) bond motifs is 2. The number of rotatable bonds is 15. The van der Waals surface area contributed by atoms with Gasteiger partial charge >= 0.3 is 11.9 Å². The lowest BCUT2D eigenvalue weighted by Crippen LogP contribution is -2.60. The molecular weight excluding hydrogens is 781 g/mol. The summed E-state index contributed by atoms with van der Waals surface area (Å²) >= 11 is 0. The van der Waals surface area contributed by atoms with Gasteiger partial charge in [-0.25, -0.2) is 19.6 Å². The number of esters is 2. The third-order valence-corrected chi connectivity index (χ3v) is 12.3. The number of likely N-dealkylation sites (tertiary alicyclic amines) is 2. The molecule has 2 fully saturated rings. The van der Waals surface area contributed by atoms with E-state index in [0.29, 0.717) is 73.5 Å². The van der Waals surface area contributed by atoms with Gasteiger partial charge < -0.3 is 29.2 Å². The van der Waals surface area contributed by atoms with Crippen molar-refractivity contribution < 1.29 is 33.3 Å². The zero-order valence-electron chi connectivity index (χ0n) is 35.0. The van der Waals surface area contributed by atoms with E-state index < -0.39 is 17.4 Å². The molecule has 0 aliphatic carbocycles. The van der Waals surface area contributed by atoms with Crippen molar-refractivity contribution in [1.82, 2.24) is 34.7 Å². The largest absolute Gasteiger partial charge is 0.486 e. The number of aromatic amines is 1. The van der Waals surface area contributed by atoms with Gasteiger partial charge in [0.25, 0.3) is 5.56 Å². The van der Waals surface area contributed by atoms with E-state index in [1.165, 1.54) is 19.5 Å². The van der Waals surface area contributed by atoms with Gasteiger partial charge in [0.1, 0.15) is 35.1 Å². The van der Waals surface area contributed by atoms with Crippen LogP contribution in [0.4, 0.5) is 5.69 Å². The number of aromatic nitrogens is 5. The van der Waals surface area contributed by atoms with Crippen LogP contribution in [0.2, 0.25) is 0 Å². The van der Waals surface area contributed by atoms with Crippen molar-refractivity contribution in [2.45, 2.75) is 90.8 Å². The average Bonchev–Trinajstić information content (AvgIpc) is 3.27. The number of methoxy groups -OCH3 is 1. The molecule has 5 aromatic heterocycles. The van der Waals surface area contributed by atoms with Crippen LogP contribution in [0.15, 0.2) is 72.0 Å². The number of carbonyl (C=O) groups excluding carboxylic acids is 3. The van der Waals surface area contributed by atoms with E-state index in [0.717, 1.165) is 28.9 Å². The Morgan fingerprint density at radius 1 is 0.820 bits per heavy atom. The second-order valence-corrected chi connectivity index (χ2v) is 16.4. The third kappa shape index (κ3) is 8.96. The van der Waals surface area contributed by atoms with Crippen LogP contribution in [0.25, 0.3) is 11.0 Å². The maximum absolute atomic E-state index is 13.0. The maximum atomic E-state index is 13.0. The highest BCUT2D eigenvalue weighted by molar-refractivity contribution is 5.98. The van der Waals surface area contributed by atoms with Gasteiger partial charge in [0.2, 0.25) is 5.91 Å². The van der Waals surface area contributed by atoms with Gasteiger partial charge in [-0.3, -0.25) is 29.4 Å². The first-order valence-corrected chi connectivity index (χ1v) is 20.7. The second-order valence-electron chi connectivity index (χ2n) is 16.4. The lowest BCUT2D eigenvalue weighted by molar-refractivity contribution is -0.125. The molecule has 0 aromatic carbocycles. The van der Waals surface area contributed by atoms with Crippen molar-refractivity contribution in [3.8, 4) is 11.5 Å². The van der Waals surface area contributed by atoms with Gasteiger partial charge in [-0.1, -0.05) is 13.8 Å². The molecule has 8 heterocycles. The van der Waals surface area contributed by atoms with Crippen LogP contribution in [0.5, 0.6) is 11.5 Å². The Morgan fingerprint density at radius 2 is 1.44 bits per heavy atom. The van der Waals surface area contributed by atoms with Crippen LogP contribution >= 0.6 is 0 Å². The zero-order chi connectivity index (χ0) is 42.8. The van der Waals surface area contributed by atoms with Crippen molar-refractivity contribution in [2.75, 3.05) is 32.1 Å². The van der Waals surface area contributed by atoms with Gasteiger partial charge in [0.15, 0.2) is 0 Å². The number of carbonyl (C=O) groups is 3. The summed E-state index contributed by atoms with van der Waals surface area (Å²) < 4.78 is 22.4. The Morgan fingerprint density at radius 3 is 2.03 bits per heavy atom. The highest BCUT2D eigenvalue weighted by atomic mass is 16.5. The predicted molar refractivity (Wildman–Crippen MR) is 224 cm³/mol. The monoisotopic (exact) mass is 830 g/mol. The summed E-state index contributed by atoms with van der Waals surface area (Å²) in [6.45, 7) is 11.1. The number of nitrogens with zero attached hydrogens (tertiary/aromatic N) is 6. The van der Waals surface area contributed by atoms with Crippen LogP contribution in [-0.2, 0) is 40.2 Å². The molecule has 0 spiro atoms. The first-order chi connectivity index (χ1) is 29.4. The molecule has 16 heteroatoms. The molecule has 16 nitrogen and oxygen atoms in total. The summed E-state index contributed by atoms with van der Waals surface area (Å²) in [5.74, 6) is 0.145. The number of aryl methyl sites for hydroxylation is 1. The Kier molecular flexibility index (Phi) is 11.8. The lowest BCUT2D eigenvalue weighted by Gasteiger charge is -2.45. The van der Waals surface area contributed by atoms with E-state index in [-0.39, 0.29) is 53.8 Å². The quantitative estimate of drug-likeness (QED) is 0.107. The molecule has 2 saturated heterocycles. The summed E-state index contributed by atoms with van der Waals surface area (Å²) in [6, 6.07) is 12.6. The molecule has 61 heavy (non-hydrogen) atoms. The first-order valence-electron chi connectivity index (χ1n) is 20.7. The molecular formula is C45H50N8O8. The zero-order valence-corrected chi connectivity index (χ0v) is 35.0. The topological polar surface area (TPSA) is 191 Å². The third-order valence-electron chi connectivity index (χ3n) is 12.3. The summed E-state index contributed by atoms with van der Waals surface area (Å²) in [4.78, 5) is 75.2. The van der Waals surface area contributed by atoms with Gasteiger partial charge in [0.05, 0.1) is 53.9 Å². The molecule has 1 amide bonds. The van der Waals surface area contributed by atoms with E-state index in [4.69, 9.17) is 18.9 Å². The van der Waals surface area contributed by atoms with Crippen LogP contribution in [-0.4, -0.2) is 104 Å². The fraction of sp³-hybridized carbons (Fsp3) is 0.422. The minimum absolute atomic E-state index is 0.0326. The Hall–Kier alpha value is -6.26. The van der Waals surface area contributed by atoms with E-state index in [9.17, 15) is 19.2 Å². The summed E-state index contributed by atoms with van der Waals surface area (Å²) in [5.41, 5.74) is 5.36. The highest BCUT2D eigenvalue weighted by Gasteiger charge is 2.40. The molecule has 0 saturated carbocycles. The molecule has 3 aliphatic heterocycles. The van der Waals surface area contributed by atoms with Crippen molar-refractivity contribution >= 4 is 34.6 Å². The number of ether oxygens (including phenoxy) is 4. The molecule has 5 atom stereocenters. The average molecular weight is 831 g/mol. The Bertz CT molecular complexity index is 2500. The molecule has 0 bridgehead atoms. The van der Waals surface area contributed by atoms with Crippen LogP contribution < -0.4 is 20.3 Å². The number of amides is 1. The maximum Gasteiger partial charge on any atom is 0.356 e. The lowest BCUT2D eigenvalue weighted by atomic mass is 9.79. The second kappa shape index (κ2) is 17.4. The van der Waals surface area contributed by atoms with Crippen molar-refractivity contribution in [2.24, 2.45) is 5.41 Å². The Balaban J connectivity index is 0.752. The van der Waals surface area contributed by atoms with Gasteiger partial charge in [-0.15, -0.1) is 0 Å². The number of hydrogen-bond donors (Lipinski definition) is 2. The molecule has 5 aromatic rings. The summed E-state index contributed by atoms with van der Waals surface area (Å²) in [5, 5.41) is 3.05. The van der Waals surface area contributed by atoms with Crippen molar-refractivity contribution in [1.29, 1.82) is 0 Å². The van der Waals surface area contributed by atoms with Crippen LogP contribution in [0.1, 0.15) is 83.9 Å². The summed E-state index contributed by atoms with van der Waals surface area (Å²) in [6.07, 6.45) is 8.94.